The van der Waals surface area contributed by atoms with E-state index in [-0.39, 0.29) is 11.5 Å². The fourth-order valence-electron chi connectivity index (χ4n) is 4.91. The van der Waals surface area contributed by atoms with Gasteiger partial charge in [-0.15, -0.1) is 0 Å². The molecule has 0 radical (unpaired) electrons. The van der Waals surface area contributed by atoms with Crippen LogP contribution in [0.2, 0.25) is 0 Å². The zero-order chi connectivity index (χ0) is 29.0. The Morgan fingerprint density at radius 3 is 2.56 bits per heavy atom. The molecule has 8 nitrogen and oxygen atoms in total. The average molecular weight is 562 g/mol. The van der Waals surface area contributed by atoms with Crippen LogP contribution in [0.3, 0.4) is 0 Å². The Balaban J connectivity index is 1.36. The summed E-state index contributed by atoms with van der Waals surface area (Å²) in [6.07, 6.45) is 3.37. The van der Waals surface area contributed by atoms with E-state index < -0.39 is 17.6 Å². The molecule has 5 rings (SSSR count). The summed E-state index contributed by atoms with van der Waals surface area (Å²) in [4.78, 5) is 32.7. The number of rotatable bonds is 7. The van der Waals surface area contributed by atoms with Crippen LogP contribution in [0.4, 0.5) is 30.5 Å². The van der Waals surface area contributed by atoms with E-state index in [2.05, 4.69) is 42.4 Å². The molecule has 1 amide bonds. The highest BCUT2D eigenvalue weighted by atomic mass is 19.4. The number of alkyl halides is 3. The van der Waals surface area contributed by atoms with E-state index in [0.29, 0.717) is 34.3 Å². The predicted molar refractivity (Wildman–Crippen MR) is 151 cm³/mol. The van der Waals surface area contributed by atoms with Crippen molar-refractivity contribution in [1.82, 2.24) is 24.8 Å². The van der Waals surface area contributed by atoms with E-state index in [9.17, 15) is 18.0 Å². The molecule has 1 aliphatic rings. The molecular weight excluding hydrogens is 531 g/mol. The number of aryl methyl sites for hydroxylation is 1. The van der Waals surface area contributed by atoms with Gasteiger partial charge in [-0.05, 0) is 93.3 Å². The fourth-order valence-corrected chi connectivity index (χ4v) is 4.91. The zero-order valence-corrected chi connectivity index (χ0v) is 22.7. The van der Waals surface area contributed by atoms with E-state index in [4.69, 9.17) is 0 Å². The number of carbonyl (C=O) groups is 1. The molecule has 4 heterocycles. The molecule has 4 aromatic rings. The average Bonchev–Trinajstić information content (AvgIpc) is 2.99. The molecule has 41 heavy (non-hydrogen) atoms. The number of amides is 1. The van der Waals surface area contributed by atoms with Crippen molar-refractivity contribution >= 4 is 23.2 Å². The first-order chi connectivity index (χ1) is 19.7. The van der Waals surface area contributed by atoms with Crippen LogP contribution in [-0.4, -0.2) is 50.4 Å². The molecule has 0 aliphatic carbocycles. The normalized spacial score (nSPS) is 14.6. The highest BCUT2D eigenvalue weighted by Crippen LogP contribution is 2.35. The first kappa shape index (κ1) is 28.2. The lowest BCUT2D eigenvalue weighted by atomic mass is 9.87. The molecule has 0 bridgehead atoms. The quantitative estimate of drug-likeness (QED) is 0.268. The maximum atomic E-state index is 13.8. The van der Waals surface area contributed by atoms with Crippen molar-refractivity contribution < 1.29 is 18.0 Å². The Kier molecular flexibility index (Phi) is 8.25. The van der Waals surface area contributed by atoms with Crippen LogP contribution >= 0.6 is 0 Å². The highest BCUT2D eigenvalue weighted by Gasteiger charge is 2.33. The van der Waals surface area contributed by atoms with Gasteiger partial charge < -0.3 is 15.5 Å². The number of pyridine rings is 2. The van der Waals surface area contributed by atoms with E-state index in [0.717, 1.165) is 44.1 Å². The second kappa shape index (κ2) is 12.0. The van der Waals surface area contributed by atoms with Gasteiger partial charge in [0, 0.05) is 29.7 Å². The maximum Gasteiger partial charge on any atom is 0.416 e. The summed E-state index contributed by atoms with van der Waals surface area (Å²) in [6.45, 7) is 6.39. The lowest BCUT2D eigenvalue weighted by Gasteiger charge is -2.31. The van der Waals surface area contributed by atoms with Gasteiger partial charge in [0.1, 0.15) is 0 Å². The Bertz CT molecular complexity index is 1520. The predicted octanol–water partition coefficient (Wildman–Crippen LogP) is 6.46. The van der Waals surface area contributed by atoms with Gasteiger partial charge in [0.15, 0.2) is 0 Å². The van der Waals surface area contributed by atoms with E-state index in [1.165, 1.54) is 12.3 Å². The highest BCUT2D eigenvalue weighted by molar-refractivity contribution is 6.04. The van der Waals surface area contributed by atoms with Gasteiger partial charge in [0.05, 0.1) is 34.5 Å². The summed E-state index contributed by atoms with van der Waals surface area (Å²) in [7, 11) is 0. The summed E-state index contributed by atoms with van der Waals surface area (Å²) in [5.74, 6) is -0.364. The number of halogens is 3. The van der Waals surface area contributed by atoms with Crippen LogP contribution < -0.4 is 10.6 Å². The van der Waals surface area contributed by atoms with Gasteiger partial charge >= 0.3 is 6.18 Å². The summed E-state index contributed by atoms with van der Waals surface area (Å²) < 4.78 is 41.4. The Hall–Kier alpha value is -4.38. The monoisotopic (exact) mass is 561 g/mol. The zero-order valence-electron chi connectivity index (χ0n) is 22.7. The van der Waals surface area contributed by atoms with E-state index in [1.807, 2.05) is 12.1 Å². The number of carbonyl (C=O) groups excluding carboxylic acids is 1. The van der Waals surface area contributed by atoms with Crippen LogP contribution in [-0.2, 0) is 6.18 Å². The van der Waals surface area contributed by atoms with Crippen molar-refractivity contribution in [3.05, 3.63) is 89.6 Å². The third kappa shape index (κ3) is 6.86. The smallest absolute Gasteiger partial charge is 0.322 e. The van der Waals surface area contributed by atoms with Gasteiger partial charge in [-0.1, -0.05) is 6.92 Å². The second-order valence-electron chi connectivity index (χ2n) is 9.99. The van der Waals surface area contributed by atoms with Crippen LogP contribution in [0.25, 0.3) is 11.3 Å². The molecule has 11 heteroatoms. The van der Waals surface area contributed by atoms with Gasteiger partial charge in [-0.2, -0.15) is 13.2 Å². The first-order valence-electron chi connectivity index (χ1n) is 13.4. The Morgan fingerprint density at radius 2 is 1.85 bits per heavy atom. The standard InChI is InChI=1S/C30H30F3N7O/c1-3-40-11-7-20(8-12-40)22-13-23(15-24(14-22)30(31,32)33)28(41)37-25-16-27(19(2)36-18-25)39-29-35-10-6-26(38-29)21-5-4-9-34-17-21/h4-6,9-10,13-18,20H,3,7-8,11-12H2,1-2H3,(H,37,41)(H,35,38,39). The molecule has 0 atom stereocenters. The third-order valence-corrected chi connectivity index (χ3v) is 7.26. The number of hydrogen-bond donors (Lipinski definition) is 2. The number of aromatic nitrogens is 4. The van der Waals surface area contributed by atoms with Gasteiger partial charge in [0.25, 0.3) is 5.91 Å². The van der Waals surface area contributed by atoms with Crippen molar-refractivity contribution in [3.63, 3.8) is 0 Å². The van der Waals surface area contributed by atoms with Crippen LogP contribution in [0, 0.1) is 6.92 Å². The third-order valence-electron chi connectivity index (χ3n) is 7.26. The number of benzene rings is 1. The summed E-state index contributed by atoms with van der Waals surface area (Å²) in [5, 5.41) is 5.82. The minimum atomic E-state index is -4.57. The Labute approximate surface area is 236 Å². The minimum Gasteiger partial charge on any atom is -0.322 e. The SMILES string of the molecule is CCN1CCC(c2cc(C(=O)Nc3cnc(C)c(Nc4nccc(-c5cccnc5)n4)c3)cc(C(F)(F)F)c2)CC1. The fraction of sp³-hybridized carbons (Fsp3) is 0.300. The molecule has 3 aromatic heterocycles. The molecule has 0 unspecified atom stereocenters. The molecule has 0 spiro atoms. The largest absolute Gasteiger partial charge is 0.416 e. The second-order valence-corrected chi connectivity index (χ2v) is 9.99. The number of nitrogens with one attached hydrogen (secondary N) is 2. The minimum absolute atomic E-state index is 0.0362. The molecule has 2 N–H and O–H groups in total. The van der Waals surface area contributed by atoms with Gasteiger partial charge in [-0.25, -0.2) is 9.97 Å². The number of likely N-dealkylation sites (tertiary alicyclic amines) is 1. The molecule has 1 saturated heterocycles. The Morgan fingerprint density at radius 1 is 1.05 bits per heavy atom. The van der Waals surface area contributed by atoms with Crippen molar-refractivity contribution in [2.24, 2.45) is 0 Å². The summed E-state index contributed by atoms with van der Waals surface area (Å²) in [5.41, 5.74) is 2.65. The molecule has 1 aliphatic heterocycles. The summed E-state index contributed by atoms with van der Waals surface area (Å²) in [6, 6.07) is 10.8. The lowest BCUT2D eigenvalue weighted by Crippen LogP contribution is -2.32. The van der Waals surface area contributed by atoms with Crippen LogP contribution in [0.5, 0.6) is 0 Å². The van der Waals surface area contributed by atoms with Crippen molar-refractivity contribution in [1.29, 1.82) is 0 Å². The van der Waals surface area contributed by atoms with Crippen molar-refractivity contribution in [2.45, 2.75) is 38.8 Å². The molecule has 0 saturated carbocycles. The van der Waals surface area contributed by atoms with E-state index >= 15 is 0 Å². The van der Waals surface area contributed by atoms with Crippen LogP contribution in [0.1, 0.15) is 52.9 Å². The first-order valence-corrected chi connectivity index (χ1v) is 13.4. The maximum absolute atomic E-state index is 13.8. The number of anilines is 3. The molecule has 1 fully saturated rings. The topological polar surface area (TPSA) is 95.9 Å². The van der Waals surface area contributed by atoms with Crippen LogP contribution in [0.15, 0.2) is 67.3 Å². The van der Waals surface area contributed by atoms with Crippen molar-refractivity contribution in [2.75, 3.05) is 30.3 Å². The van der Waals surface area contributed by atoms with Crippen molar-refractivity contribution in [3.8, 4) is 11.3 Å². The number of hydrogen-bond acceptors (Lipinski definition) is 7. The molecule has 212 valence electrons. The lowest BCUT2D eigenvalue weighted by molar-refractivity contribution is -0.137. The number of piperidine rings is 1. The summed E-state index contributed by atoms with van der Waals surface area (Å²) >= 11 is 0. The van der Waals surface area contributed by atoms with Gasteiger partial charge in [0.2, 0.25) is 5.95 Å². The van der Waals surface area contributed by atoms with Gasteiger partial charge in [-0.3, -0.25) is 14.8 Å². The molecule has 1 aromatic carbocycles. The van der Waals surface area contributed by atoms with E-state index in [1.54, 1.807) is 43.7 Å². The number of nitrogens with zero attached hydrogens (tertiary/aromatic N) is 5. The molecular formula is C30H30F3N7O.